The zero-order chi connectivity index (χ0) is 18.7. The van der Waals surface area contributed by atoms with Crippen molar-refractivity contribution >= 4 is 23.5 Å². The number of aryl methyl sites for hydroxylation is 1. The van der Waals surface area contributed by atoms with E-state index < -0.39 is 6.10 Å². The average molecular weight is 372 g/mol. The SMILES string of the molecule is Cc1cccc(O[C@H](C)C(=O)Nc2noc(-c3ccc(Cl)cc3)n2)c1C. The smallest absolute Gasteiger partial charge is 0.270 e. The maximum Gasteiger partial charge on any atom is 0.270 e. The normalized spacial score (nSPS) is 11.8. The molecule has 1 amide bonds. The van der Waals surface area contributed by atoms with Gasteiger partial charge in [-0.1, -0.05) is 23.7 Å². The van der Waals surface area contributed by atoms with E-state index in [0.717, 1.165) is 11.1 Å². The lowest BCUT2D eigenvalue weighted by Gasteiger charge is -2.16. The summed E-state index contributed by atoms with van der Waals surface area (Å²) in [6, 6.07) is 12.7. The number of carbonyl (C=O) groups excluding carboxylic acids is 1. The molecule has 0 bridgehead atoms. The minimum atomic E-state index is -0.715. The lowest BCUT2D eigenvalue weighted by atomic mass is 10.1. The summed E-state index contributed by atoms with van der Waals surface area (Å²) in [5.74, 6) is 0.674. The molecule has 1 heterocycles. The number of hydrogen-bond acceptors (Lipinski definition) is 5. The number of rotatable bonds is 5. The highest BCUT2D eigenvalue weighted by atomic mass is 35.5. The predicted molar refractivity (Wildman–Crippen MR) is 99.4 cm³/mol. The summed E-state index contributed by atoms with van der Waals surface area (Å²) in [6.45, 7) is 5.61. The number of hydrogen-bond donors (Lipinski definition) is 1. The highest BCUT2D eigenvalue weighted by molar-refractivity contribution is 6.30. The van der Waals surface area contributed by atoms with Crippen LogP contribution >= 0.6 is 11.6 Å². The molecule has 6 nitrogen and oxygen atoms in total. The molecule has 0 saturated carbocycles. The van der Waals surface area contributed by atoms with E-state index in [9.17, 15) is 4.79 Å². The first-order chi connectivity index (χ1) is 12.4. The van der Waals surface area contributed by atoms with Gasteiger partial charge in [-0.2, -0.15) is 4.98 Å². The van der Waals surface area contributed by atoms with Gasteiger partial charge in [0.15, 0.2) is 6.10 Å². The van der Waals surface area contributed by atoms with E-state index in [1.165, 1.54) is 0 Å². The molecule has 1 N–H and O–H groups in total. The summed E-state index contributed by atoms with van der Waals surface area (Å²) >= 11 is 5.86. The fraction of sp³-hybridized carbons (Fsp3) is 0.211. The molecule has 7 heteroatoms. The summed E-state index contributed by atoms with van der Waals surface area (Å²) in [7, 11) is 0. The third-order valence-electron chi connectivity index (χ3n) is 3.98. The van der Waals surface area contributed by atoms with Crippen molar-refractivity contribution in [3.05, 3.63) is 58.6 Å². The maximum absolute atomic E-state index is 12.3. The van der Waals surface area contributed by atoms with E-state index in [2.05, 4.69) is 15.5 Å². The topological polar surface area (TPSA) is 77.2 Å². The largest absolute Gasteiger partial charge is 0.481 e. The molecule has 0 spiro atoms. The van der Waals surface area contributed by atoms with Crippen LogP contribution in [-0.2, 0) is 4.79 Å². The van der Waals surface area contributed by atoms with Crippen LogP contribution in [0.1, 0.15) is 18.1 Å². The Morgan fingerprint density at radius 2 is 1.92 bits per heavy atom. The monoisotopic (exact) mass is 371 g/mol. The molecule has 3 rings (SSSR count). The summed E-state index contributed by atoms with van der Waals surface area (Å²) in [6.07, 6.45) is -0.715. The molecule has 26 heavy (non-hydrogen) atoms. The molecule has 0 radical (unpaired) electrons. The van der Waals surface area contributed by atoms with Crippen LogP contribution in [0.2, 0.25) is 5.02 Å². The molecule has 0 saturated heterocycles. The highest BCUT2D eigenvalue weighted by Crippen LogP contribution is 2.23. The minimum Gasteiger partial charge on any atom is -0.481 e. The van der Waals surface area contributed by atoms with Gasteiger partial charge in [0, 0.05) is 10.6 Å². The van der Waals surface area contributed by atoms with Gasteiger partial charge in [0.1, 0.15) is 5.75 Å². The Morgan fingerprint density at radius 3 is 2.65 bits per heavy atom. The van der Waals surface area contributed by atoms with Crippen molar-refractivity contribution in [1.29, 1.82) is 0 Å². The standard InChI is InChI=1S/C19H18ClN3O3/c1-11-5-4-6-16(12(11)2)25-13(3)17(24)21-19-22-18(26-23-19)14-7-9-15(20)10-8-14/h4-10,13H,1-3H3,(H,21,23,24)/t13-/m1/s1. The Balaban J connectivity index is 1.66. The highest BCUT2D eigenvalue weighted by Gasteiger charge is 2.19. The minimum absolute atomic E-state index is 0.0800. The van der Waals surface area contributed by atoms with Gasteiger partial charge in [0.05, 0.1) is 0 Å². The Hall–Kier alpha value is -2.86. The van der Waals surface area contributed by atoms with Crippen molar-refractivity contribution in [2.24, 2.45) is 0 Å². The van der Waals surface area contributed by atoms with Gasteiger partial charge in [-0.25, -0.2) is 0 Å². The van der Waals surface area contributed by atoms with Crippen LogP contribution in [-0.4, -0.2) is 22.2 Å². The second-order valence-electron chi connectivity index (χ2n) is 5.88. The maximum atomic E-state index is 12.3. The van der Waals surface area contributed by atoms with Crippen molar-refractivity contribution in [3.8, 4) is 17.2 Å². The van der Waals surface area contributed by atoms with E-state index in [4.69, 9.17) is 20.9 Å². The number of anilines is 1. The number of benzene rings is 2. The van der Waals surface area contributed by atoms with E-state index in [1.807, 2.05) is 32.0 Å². The number of amides is 1. The summed E-state index contributed by atoms with van der Waals surface area (Å²) < 4.78 is 10.9. The lowest BCUT2D eigenvalue weighted by molar-refractivity contribution is -0.122. The summed E-state index contributed by atoms with van der Waals surface area (Å²) in [5.41, 5.74) is 2.81. The van der Waals surface area contributed by atoms with E-state index in [-0.39, 0.29) is 11.9 Å². The first-order valence-corrected chi connectivity index (χ1v) is 8.45. The molecule has 0 unspecified atom stereocenters. The van der Waals surface area contributed by atoms with Crippen LogP contribution in [0, 0.1) is 13.8 Å². The summed E-state index contributed by atoms with van der Waals surface area (Å²) in [5, 5.41) is 6.97. The molecular weight excluding hydrogens is 354 g/mol. The molecule has 0 aliphatic carbocycles. The van der Waals surface area contributed by atoms with E-state index >= 15 is 0 Å². The third-order valence-corrected chi connectivity index (χ3v) is 4.23. The lowest BCUT2D eigenvalue weighted by Crippen LogP contribution is -2.30. The fourth-order valence-electron chi connectivity index (χ4n) is 2.29. The van der Waals surface area contributed by atoms with Crippen LogP contribution in [0.5, 0.6) is 5.75 Å². The molecule has 1 atom stereocenters. The number of nitrogens with zero attached hydrogens (tertiary/aromatic N) is 2. The predicted octanol–water partition coefficient (Wildman–Crippen LogP) is 4.41. The molecular formula is C19H18ClN3O3. The number of nitrogens with one attached hydrogen (secondary N) is 1. The van der Waals surface area contributed by atoms with Crippen molar-refractivity contribution in [2.45, 2.75) is 26.9 Å². The number of carbonyl (C=O) groups is 1. The van der Waals surface area contributed by atoms with Crippen LogP contribution in [0.3, 0.4) is 0 Å². The Morgan fingerprint density at radius 1 is 1.19 bits per heavy atom. The second-order valence-corrected chi connectivity index (χ2v) is 6.31. The van der Waals surface area contributed by atoms with Crippen LogP contribution < -0.4 is 10.1 Å². The van der Waals surface area contributed by atoms with Crippen molar-refractivity contribution in [1.82, 2.24) is 10.1 Å². The van der Waals surface area contributed by atoms with Crippen LogP contribution in [0.25, 0.3) is 11.5 Å². The van der Waals surface area contributed by atoms with Crippen molar-refractivity contribution in [3.63, 3.8) is 0 Å². The van der Waals surface area contributed by atoms with Gasteiger partial charge < -0.3 is 9.26 Å². The molecule has 1 aromatic heterocycles. The third kappa shape index (κ3) is 4.03. The van der Waals surface area contributed by atoms with Gasteiger partial charge in [-0.05, 0) is 67.4 Å². The van der Waals surface area contributed by atoms with Crippen LogP contribution in [0.4, 0.5) is 5.95 Å². The first kappa shape index (κ1) is 17.9. The van der Waals surface area contributed by atoms with Gasteiger partial charge in [-0.3, -0.25) is 10.1 Å². The first-order valence-electron chi connectivity index (χ1n) is 8.07. The number of aromatic nitrogens is 2. The summed E-state index contributed by atoms with van der Waals surface area (Å²) in [4.78, 5) is 16.5. The molecule has 134 valence electrons. The van der Waals surface area contributed by atoms with Crippen molar-refractivity contribution < 1.29 is 14.1 Å². The number of ether oxygens (including phenoxy) is 1. The van der Waals surface area contributed by atoms with Gasteiger partial charge in [0.2, 0.25) is 0 Å². The zero-order valence-corrected chi connectivity index (χ0v) is 15.4. The molecule has 0 aliphatic heterocycles. The Bertz CT molecular complexity index is 922. The van der Waals surface area contributed by atoms with Gasteiger partial charge in [0.25, 0.3) is 17.7 Å². The van der Waals surface area contributed by atoms with E-state index in [0.29, 0.717) is 22.2 Å². The molecule has 0 fully saturated rings. The van der Waals surface area contributed by atoms with Crippen LogP contribution in [0.15, 0.2) is 47.0 Å². The molecule has 0 aliphatic rings. The van der Waals surface area contributed by atoms with E-state index in [1.54, 1.807) is 31.2 Å². The van der Waals surface area contributed by atoms with Gasteiger partial charge >= 0.3 is 0 Å². The fourth-order valence-corrected chi connectivity index (χ4v) is 2.42. The second kappa shape index (κ2) is 7.58. The molecule has 2 aromatic carbocycles. The Kier molecular flexibility index (Phi) is 5.23. The number of halogens is 1. The molecule has 3 aromatic rings. The average Bonchev–Trinajstić information content (AvgIpc) is 3.08. The van der Waals surface area contributed by atoms with Gasteiger partial charge in [-0.15, -0.1) is 0 Å². The zero-order valence-electron chi connectivity index (χ0n) is 14.6. The Labute approximate surface area is 156 Å². The van der Waals surface area contributed by atoms with Crippen molar-refractivity contribution in [2.75, 3.05) is 5.32 Å². The quantitative estimate of drug-likeness (QED) is 0.718.